The summed E-state index contributed by atoms with van der Waals surface area (Å²) in [5, 5.41) is 12.3. The highest BCUT2D eigenvalue weighted by atomic mass is 32.1. The zero-order valence-corrected chi connectivity index (χ0v) is 15.8. The molecular weight excluding hydrogens is 371 g/mol. The number of thiazole rings is 1. The van der Waals surface area contributed by atoms with E-state index in [1.54, 1.807) is 18.5 Å². The number of nitrogens with zero attached hydrogens (tertiary/aromatic N) is 1. The van der Waals surface area contributed by atoms with Crippen LogP contribution in [-0.2, 0) is 6.61 Å². The zero-order valence-electron chi connectivity index (χ0n) is 15.0. The van der Waals surface area contributed by atoms with Crippen LogP contribution in [0, 0.1) is 19.7 Å². The number of aliphatic hydroxyl groups is 1. The number of amides is 1. The molecule has 2 aromatic heterocycles. The van der Waals surface area contributed by atoms with E-state index in [-0.39, 0.29) is 35.5 Å². The van der Waals surface area contributed by atoms with Gasteiger partial charge in [-0.15, -0.1) is 11.3 Å². The molecule has 0 radical (unpaired) electrons. The Kier molecular flexibility index (Phi) is 4.39. The standard InChI is InChI=1S/C19H19FN2O4S/c1-10-14(27-9-21-10)7-25-13-4-3-12-16(17(13)20)15(11(2)26-12)18(24)22-19(8-23)5-6-19/h3-4,9,23H,5-8H2,1-2H3,(H,22,24). The average Bonchev–Trinajstić information content (AvgIpc) is 3.15. The van der Waals surface area contributed by atoms with Crippen molar-refractivity contribution in [2.75, 3.05) is 6.61 Å². The number of aryl methyl sites for hydroxylation is 2. The number of rotatable bonds is 6. The summed E-state index contributed by atoms with van der Waals surface area (Å²) in [6.45, 7) is 3.54. The maximum atomic E-state index is 15.1. The fourth-order valence-corrected chi connectivity index (χ4v) is 3.71. The lowest BCUT2D eigenvalue weighted by atomic mass is 10.1. The Morgan fingerprint density at radius 1 is 1.44 bits per heavy atom. The fourth-order valence-electron chi connectivity index (χ4n) is 3.02. The van der Waals surface area contributed by atoms with E-state index in [0.29, 0.717) is 18.6 Å². The third-order valence-corrected chi connectivity index (χ3v) is 5.81. The number of hydrogen-bond acceptors (Lipinski definition) is 6. The Morgan fingerprint density at radius 3 is 2.85 bits per heavy atom. The number of nitrogens with one attached hydrogen (secondary N) is 1. The van der Waals surface area contributed by atoms with Crippen LogP contribution in [0.4, 0.5) is 4.39 Å². The summed E-state index contributed by atoms with van der Waals surface area (Å²) in [6.07, 6.45) is 1.41. The predicted molar refractivity (Wildman–Crippen MR) is 98.6 cm³/mol. The minimum atomic E-state index is -0.634. The van der Waals surface area contributed by atoms with E-state index in [1.165, 1.54) is 17.4 Å². The number of hydrogen-bond donors (Lipinski definition) is 2. The molecule has 3 aromatic rings. The number of fused-ring (bicyclic) bond motifs is 1. The lowest BCUT2D eigenvalue weighted by Crippen LogP contribution is -2.39. The van der Waals surface area contributed by atoms with Crippen LogP contribution in [0.25, 0.3) is 11.0 Å². The van der Waals surface area contributed by atoms with Crippen molar-refractivity contribution in [2.24, 2.45) is 0 Å². The predicted octanol–water partition coefficient (Wildman–Crippen LogP) is 3.48. The molecule has 27 heavy (non-hydrogen) atoms. The Hall–Kier alpha value is -2.45. The Balaban J connectivity index is 1.67. The summed E-state index contributed by atoms with van der Waals surface area (Å²) in [5.41, 5.74) is 2.39. The van der Waals surface area contributed by atoms with Crippen LogP contribution in [0.5, 0.6) is 5.75 Å². The van der Waals surface area contributed by atoms with E-state index in [2.05, 4.69) is 10.3 Å². The van der Waals surface area contributed by atoms with Crippen LogP contribution in [0.15, 0.2) is 22.1 Å². The molecule has 1 aliphatic carbocycles. The maximum Gasteiger partial charge on any atom is 0.256 e. The molecule has 0 unspecified atom stereocenters. The summed E-state index contributed by atoms with van der Waals surface area (Å²) >= 11 is 1.44. The van der Waals surface area contributed by atoms with Crippen molar-refractivity contribution < 1.29 is 23.4 Å². The molecule has 0 atom stereocenters. The number of aromatic nitrogens is 1. The fraction of sp³-hybridized carbons (Fsp3) is 0.368. The second-order valence-electron chi connectivity index (χ2n) is 6.83. The number of carbonyl (C=O) groups excluding carboxylic acids is 1. The largest absolute Gasteiger partial charge is 0.485 e. The van der Waals surface area contributed by atoms with Gasteiger partial charge in [0.05, 0.1) is 39.2 Å². The van der Waals surface area contributed by atoms with Crippen LogP contribution >= 0.6 is 11.3 Å². The van der Waals surface area contributed by atoms with Gasteiger partial charge in [-0.3, -0.25) is 4.79 Å². The SMILES string of the molecule is Cc1ncsc1COc1ccc2oc(C)c(C(=O)NC3(CO)CC3)c2c1F. The average molecular weight is 390 g/mol. The van der Waals surface area contributed by atoms with Crippen LogP contribution in [0.2, 0.25) is 0 Å². The molecule has 0 saturated heterocycles. The molecule has 8 heteroatoms. The molecule has 1 aromatic carbocycles. The van der Waals surface area contributed by atoms with E-state index in [4.69, 9.17) is 9.15 Å². The summed E-state index contributed by atoms with van der Waals surface area (Å²) < 4.78 is 26.3. The normalized spacial score (nSPS) is 15.1. The molecule has 142 valence electrons. The molecule has 2 N–H and O–H groups in total. The van der Waals surface area contributed by atoms with Crippen molar-refractivity contribution in [3.63, 3.8) is 0 Å². The second-order valence-corrected chi connectivity index (χ2v) is 7.77. The highest BCUT2D eigenvalue weighted by molar-refractivity contribution is 7.09. The molecule has 0 aliphatic heterocycles. The molecule has 2 heterocycles. The van der Waals surface area contributed by atoms with Crippen LogP contribution in [0.1, 0.15) is 39.5 Å². The molecule has 4 rings (SSSR count). The third-order valence-electron chi connectivity index (χ3n) is 4.90. The summed E-state index contributed by atoms with van der Waals surface area (Å²) in [6, 6.07) is 3.09. The Bertz CT molecular complexity index is 1020. The number of ether oxygens (including phenoxy) is 1. The van der Waals surface area contributed by atoms with Crippen molar-refractivity contribution in [1.29, 1.82) is 0 Å². The highest BCUT2D eigenvalue weighted by Gasteiger charge is 2.44. The summed E-state index contributed by atoms with van der Waals surface area (Å²) in [4.78, 5) is 17.8. The number of furan rings is 1. The Labute approximate surface area is 159 Å². The van der Waals surface area contributed by atoms with Gasteiger partial charge in [-0.1, -0.05) is 0 Å². The van der Waals surface area contributed by atoms with E-state index in [0.717, 1.165) is 10.6 Å². The molecule has 1 saturated carbocycles. The van der Waals surface area contributed by atoms with Crippen molar-refractivity contribution >= 4 is 28.2 Å². The van der Waals surface area contributed by atoms with Crippen LogP contribution in [0.3, 0.4) is 0 Å². The first-order valence-electron chi connectivity index (χ1n) is 8.61. The van der Waals surface area contributed by atoms with Crippen LogP contribution < -0.4 is 10.1 Å². The molecule has 0 bridgehead atoms. The quantitative estimate of drug-likeness (QED) is 0.673. The van der Waals surface area contributed by atoms with Crippen molar-refractivity contribution in [1.82, 2.24) is 10.3 Å². The lowest BCUT2D eigenvalue weighted by molar-refractivity contribution is 0.0906. The van der Waals surface area contributed by atoms with Gasteiger partial charge in [0, 0.05) is 0 Å². The van der Waals surface area contributed by atoms with Gasteiger partial charge in [-0.25, -0.2) is 9.37 Å². The molecule has 6 nitrogen and oxygen atoms in total. The first-order valence-corrected chi connectivity index (χ1v) is 9.49. The first-order chi connectivity index (χ1) is 12.9. The third kappa shape index (κ3) is 3.19. The second kappa shape index (κ2) is 6.61. The van der Waals surface area contributed by atoms with Crippen LogP contribution in [-0.4, -0.2) is 28.1 Å². The number of benzene rings is 1. The van der Waals surface area contributed by atoms with Crippen molar-refractivity contribution in [3.8, 4) is 5.75 Å². The maximum absolute atomic E-state index is 15.1. The van der Waals surface area contributed by atoms with E-state index >= 15 is 4.39 Å². The van der Waals surface area contributed by atoms with Gasteiger partial charge in [0.2, 0.25) is 0 Å². The zero-order chi connectivity index (χ0) is 19.2. The minimum Gasteiger partial charge on any atom is -0.485 e. The summed E-state index contributed by atoms with van der Waals surface area (Å²) in [5.74, 6) is -0.711. The van der Waals surface area contributed by atoms with E-state index < -0.39 is 17.3 Å². The topological polar surface area (TPSA) is 84.6 Å². The Morgan fingerprint density at radius 2 is 2.22 bits per heavy atom. The molecule has 1 fully saturated rings. The van der Waals surface area contributed by atoms with Gasteiger partial charge < -0.3 is 19.6 Å². The monoisotopic (exact) mass is 390 g/mol. The van der Waals surface area contributed by atoms with Gasteiger partial charge in [-0.05, 0) is 38.8 Å². The molecule has 0 spiro atoms. The molecular formula is C19H19FN2O4S. The smallest absolute Gasteiger partial charge is 0.256 e. The number of carbonyl (C=O) groups is 1. The minimum absolute atomic E-state index is 0.0495. The number of halogens is 1. The van der Waals surface area contributed by atoms with Crippen molar-refractivity contribution in [3.05, 3.63) is 45.4 Å². The molecule has 1 amide bonds. The van der Waals surface area contributed by atoms with Gasteiger partial charge in [-0.2, -0.15) is 0 Å². The molecule has 1 aliphatic rings. The summed E-state index contributed by atoms with van der Waals surface area (Å²) in [7, 11) is 0. The lowest BCUT2D eigenvalue weighted by Gasteiger charge is -2.14. The van der Waals surface area contributed by atoms with Crippen molar-refractivity contribution in [2.45, 2.75) is 38.8 Å². The number of aliphatic hydroxyl groups excluding tert-OH is 1. The van der Waals surface area contributed by atoms with Gasteiger partial charge >= 0.3 is 0 Å². The highest BCUT2D eigenvalue weighted by Crippen LogP contribution is 2.37. The van der Waals surface area contributed by atoms with Gasteiger partial charge in [0.1, 0.15) is 18.0 Å². The first kappa shape index (κ1) is 17.9. The van der Waals surface area contributed by atoms with E-state index in [1.807, 2.05) is 6.92 Å². The van der Waals surface area contributed by atoms with Gasteiger partial charge in [0.15, 0.2) is 11.6 Å². The van der Waals surface area contributed by atoms with Gasteiger partial charge in [0.25, 0.3) is 5.91 Å². The van der Waals surface area contributed by atoms with E-state index in [9.17, 15) is 9.90 Å².